The van der Waals surface area contributed by atoms with Gasteiger partial charge in [-0.3, -0.25) is 4.79 Å². The number of hydrogen-bond donors (Lipinski definition) is 2. The second-order valence-electron chi connectivity index (χ2n) is 4.28. The lowest BCUT2D eigenvalue weighted by Crippen LogP contribution is -2.21. The molecule has 0 aromatic heterocycles. The van der Waals surface area contributed by atoms with E-state index in [1.807, 2.05) is 6.07 Å². The molecule has 1 heterocycles. The Balaban J connectivity index is 2.09. The highest BCUT2D eigenvalue weighted by atomic mass is 16.5. The Morgan fingerprint density at radius 1 is 1.29 bits per heavy atom. The predicted molar refractivity (Wildman–Crippen MR) is 66.1 cm³/mol. The molecule has 1 amide bonds. The summed E-state index contributed by atoms with van der Waals surface area (Å²) in [6, 6.07) is 7.16. The van der Waals surface area contributed by atoms with Crippen molar-refractivity contribution in [2.45, 2.75) is 25.4 Å². The van der Waals surface area contributed by atoms with Crippen molar-refractivity contribution in [2.24, 2.45) is 5.73 Å². The number of nitrogens with one attached hydrogen (secondary N) is 1. The van der Waals surface area contributed by atoms with Gasteiger partial charge >= 0.3 is 0 Å². The summed E-state index contributed by atoms with van der Waals surface area (Å²) in [5, 5.41) is 3.33. The van der Waals surface area contributed by atoms with Gasteiger partial charge in [-0.2, -0.15) is 0 Å². The smallest absolute Gasteiger partial charge is 0.252 e. The molecule has 0 spiro atoms. The first kappa shape index (κ1) is 11.9. The molecule has 4 heteroatoms. The van der Waals surface area contributed by atoms with Crippen LogP contribution in [0.25, 0.3) is 0 Å². The number of nitrogens with two attached hydrogens (primary N) is 1. The molecule has 1 atom stereocenters. The Morgan fingerprint density at radius 2 is 2.12 bits per heavy atom. The Morgan fingerprint density at radius 3 is 2.94 bits per heavy atom. The Kier molecular flexibility index (Phi) is 3.98. The zero-order chi connectivity index (χ0) is 12.1. The molecular formula is C13H18N2O2. The van der Waals surface area contributed by atoms with E-state index in [1.165, 1.54) is 0 Å². The number of rotatable bonds is 3. The summed E-state index contributed by atoms with van der Waals surface area (Å²) in [6.07, 6.45) is 3.25. The zero-order valence-corrected chi connectivity index (χ0v) is 9.82. The van der Waals surface area contributed by atoms with Gasteiger partial charge in [0.2, 0.25) is 0 Å². The van der Waals surface area contributed by atoms with Crippen LogP contribution in [0.1, 0.15) is 29.6 Å². The van der Waals surface area contributed by atoms with Crippen LogP contribution < -0.4 is 15.8 Å². The summed E-state index contributed by atoms with van der Waals surface area (Å²) in [4.78, 5) is 11.3. The molecule has 0 saturated carbocycles. The van der Waals surface area contributed by atoms with Crippen molar-refractivity contribution in [3.05, 3.63) is 29.8 Å². The van der Waals surface area contributed by atoms with Crippen LogP contribution in [0.15, 0.2) is 24.3 Å². The van der Waals surface area contributed by atoms with E-state index in [4.69, 9.17) is 10.5 Å². The van der Waals surface area contributed by atoms with E-state index in [1.54, 1.807) is 18.2 Å². The molecule has 92 valence electrons. The van der Waals surface area contributed by atoms with Crippen molar-refractivity contribution in [3.8, 4) is 5.75 Å². The van der Waals surface area contributed by atoms with Gasteiger partial charge in [0.05, 0.1) is 11.7 Å². The molecule has 1 unspecified atom stereocenters. The minimum atomic E-state index is -0.438. The fraction of sp³-hybridized carbons (Fsp3) is 0.462. The van der Waals surface area contributed by atoms with Crippen LogP contribution in [0.3, 0.4) is 0 Å². The van der Waals surface area contributed by atoms with Crippen LogP contribution >= 0.6 is 0 Å². The van der Waals surface area contributed by atoms with Crippen LogP contribution in [0.4, 0.5) is 0 Å². The molecular weight excluding hydrogens is 216 g/mol. The largest absolute Gasteiger partial charge is 0.490 e. The summed E-state index contributed by atoms with van der Waals surface area (Å²) in [6.45, 7) is 2.00. The topological polar surface area (TPSA) is 64.4 Å². The molecule has 3 N–H and O–H groups in total. The second-order valence-corrected chi connectivity index (χ2v) is 4.28. The first-order chi connectivity index (χ1) is 8.27. The molecule has 1 aromatic rings. The van der Waals surface area contributed by atoms with Gasteiger partial charge in [-0.1, -0.05) is 12.1 Å². The lowest BCUT2D eigenvalue weighted by Gasteiger charge is -2.18. The van der Waals surface area contributed by atoms with Crippen LogP contribution in [-0.4, -0.2) is 25.1 Å². The van der Waals surface area contributed by atoms with Crippen LogP contribution in [0.5, 0.6) is 5.75 Å². The lowest BCUT2D eigenvalue weighted by atomic mass is 10.1. The maximum absolute atomic E-state index is 11.3. The number of hydrogen-bond acceptors (Lipinski definition) is 3. The van der Waals surface area contributed by atoms with E-state index in [9.17, 15) is 4.79 Å². The number of para-hydroxylation sites is 1. The lowest BCUT2D eigenvalue weighted by molar-refractivity contribution is 0.0991. The number of amides is 1. The zero-order valence-electron chi connectivity index (χ0n) is 9.82. The molecule has 1 aliphatic rings. The molecule has 0 bridgehead atoms. The maximum atomic E-state index is 11.3. The summed E-state index contributed by atoms with van der Waals surface area (Å²) < 4.78 is 5.89. The third kappa shape index (κ3) is 3.20. The average molecular weight is 234 g/mol. The van der Waals surface area contributed by atoms with E-state index < -0.39 is 5.91 Å². The molecule has 0 aliphatic carbocycles. The van der Waals surface area contributed by atoms with Gasteiger partial charge in [0.1, 0.15) is 5.75 Å². The Bertz CT molecular complexity index is 385. The first-order valence-corrected chi connectivity index (χ1v) is 6.03. The van der Waals surface area contributed by atoms with Crippen LogP contribution in [-0.2, 0) is 0 Å². The third-order valence-electron chi connectivity index (χ3n) is 2.97. The number of benzene rings is 1. The molecule has 1 saturated heterocycles. The molecule has 1 aromatic carbocycles. The molecule has 2 rings (SSSR count). The molecule has 17 heavy (non-hydrogen) atoms. The maximum Gasteiger partial charge on any atom is 0.252 e. The number of primary amides is 1. The van der Waals surface area contributed by atoms with Gasteiger partial charge in [0.25, 0.3) is 5.91 Å². The summed E-state index contributed by atoms with van der Waals surface area (Å²) in [5.41, 5.74) is 5.78. The highest BCUT2D eigenvalue weighted by Crippen LogP contribution is 2.21. The van der Waals surface area contributed by atoms with Crippen molar-refractivity contribution in [1.82, 2.24) is 5.32 Å². The van der Waals surface area contributed by atoms with Crippen LogP contribution in [0.2, 0.25) is 0 Å². The van der Waals surface area contributed by atoms with Gasteiger partial charge in [-0.15, -0.1) is 0 Å². The highest BCUT2D eigenvalue weighted by Gasteiger charge is 2.16. The van der Waals surface area contributed by atoms with Crippen molar-refractivity contribution >= 4 is 5.91 Å². The van der Waals surface area contributed by atoms with Gasteiger partial charge in [0, 0.05) is 0 Å². The predicted octanol–water partition coefficient (Wildman–Crippen LogP) is 1.31. The summed E-state index contributed by atoms with van der Waals surface area (Å²) in [5.74, 6) is 0.166. The van der Waals surface area contributed by atoms with Crippen molar-refractivity contribution in [1.29, 1.82) is 0 Å². The van der Waals surface area contributed by atoms with Gasteiger partial charge < -0.3 is 15.8 Å². The summed E-state index contributed by atoms with van der Waals surface area (Å²) in [7, 11) is 0. The van der Waals surface area contributed by atoms with Crippen molar-refractivity contribution in [3.63, 3.8) is 0 Å². The Hall–Kier alpha value is -1.55. The quantitative estimate of drug-likeness (QED) is 0.828. The number of carbonyl (C=O) groups excluding carboxylic acids is 1. The second kappa shape index (κ2) is 5.68. The van der Waals surface area contributed by atoms with Crippen LogP contribution in [0, 0.1) is 0 Å². The van der Waals surface area contributed by atoms with Gasteiger partial charge in [-0.25, -0.2) is 0 Å². The molecule has 0 radical (unpaired) electrons. The fourth-order valence-electron chi connectivity index (χ4n) is 2.06. The minimum Gasteiger partial charge on any atom is -0.490 e. The summed E-state index contributed by atoms with van der Waals surface area (Å²) >= 11 is 0. The number of carbonyl (C=O) groups is 1. The average Bonchev–Trinajstić information content (AvgIpc) is 2.58. The Labute approximate surface area is 101 Å². The molecule has 1 aliphatic heterocycles. The molecule has 4 nitrogen and oxygen atoms in total. The molecule has 1 fully saturated rings. The van der Waals surface area contributed by atoms with E-state index in [0.29, 0.717) is 11.3 Å². The minimum absolute atomic E-state index is 0.172. The fourth-order valence-corrected chi connectivity index (χ4v) is 2.06. The van der Waals surface area contributed by atoms with Crippen molar-refractivity contribution < 1.29 is 9.53 Å². The van der Waals surface area contributed by atoms with Gasteiger partial charge in [0.15, 0.2) is 0 Å². The van der Waals surface area contributed by atoms with E-state index >= 15 is 0 Å². The van der Waals surface area contributed by atoms with E-state index in [2.05, 4.69) is 5.32 Å². The first-order valence-electron chi connectivity index (χ1n) is 6.03. The van der Waals surface area contributed by atoms with E-state index in [0.717, 1.165) is 32.4 Å². The third-order valence-corrected chi connectivity index (χ3v) is 2.97. The van der Waals surface area contributed by atoms with Crippen molar-refractivity contribution in [2.75, 3.05) is 13.1 Å². The monoisotopic (exact) mass is 234 g/mol. The standard InChI is InChI=1S/C13H18N2O2/c14-13(16)11-5-1-2-6-12(11)17-10-4-3-8-15-9-7-10/h1-2,5-6,10,15H,3-4,7-9H2,(H2,14,16). The highest BCUT2D eigenvalue weighted by molar-refractivity contribution is 5.95. The van der Waals surface area contributed by atoms with E-state index in [-0.39, 0.29) is 6.10 Å². The normalized spacial score (nSPS) is 20.6. The van der Waals surface area contributed by atoms with Gasteiger partial charge in [-0.05, 0) is 44.5 Å². The number of ether oxygens (including phenoxy) is 1. The SMILES string of the molecule is NC(=O)c1ccccc1OC1CCCNCC1.